The molecule has 1 heterocycles. The molecule has 1 aliphatic rings. The van der Waals surface area contributed by atoms with E-state index in [0.717, 1.165) is 40.4 Å². The molecule has 0 saturated heterocycles. The Morgan fingerprint density at radius 3 is 2.79 bits per heavy atom. The molecule has 1 aromatic carbocycles. The Hall–Kier alpha value is -1.57. The fraction of sp³-hybridized carbons (Fsp3) is 0.429. The third-order valence-electron chi connectivity index (χ3n) is 4.94. The maximum absolute atomic E-state index is 12.4. The Labute approximate surface area is 187 Å². The summed E-state index contributed by atoms with van der Waals surface area (Å²) in [5.41, 5.74) is 3.42. The zero-order chi connectivity index (χ0) is 21.1. The summed E-state index contributed by atoms with van der Waals surface area (Å²) >= 11 is 11.2. The van der Waals surface area contributed by atoms with Crippen molar-refractivity contribution in [3.8, 4) is 5.75 Å². The standard InChI is InChI=1S/C21H23BrClNO4S/c1-11-10-14(18(22)12(2)19(11)23)28-9-5-8-16(25)24-20-17(21(26)27-3)13-6-4-7-15(13)29-20/h10H,4-9H2,1-3H3,(H,24,25). The van der Waals surface area contributed by atoms with Gasteiger partial charge in [0.15, 0.2) is 0 Å². The predicted molar refractivity (Wildman–Crippen MR) is 120 cm³/mol. The van der Waals surface area contributed by atoms with Crippen molar-refractivity contribution in [3.05, 3.63) is 42.7 Å². The molecule has 3 rings (SSSR count). The molecule has 8 heteroatoms. The fourth-order valence-corrected chi connectivity index (χ4v) is 5.40. The molecule has 1 amide bonds. The highest BCUT2D eigenvalue weighted by molar-refractivity contribution is 9.10. The number of nitrogens with one attached hydrogen (secondary N) is 1. The molecular weight excluding hydrogens is 478 g/mol. The van der Waals surface area contributed by atoms with Gasteiger partial charge in [-0.25, -0.2) is 4.79 Å². The summed E-state index contributed by atoms with van der Waals surface area (Å²) in [6, 6.07) is 1.88. The number of halogens is 2. The zero-order valence-electron chi connectivity index (χ0n) is 16.6. The van der Waals surface area contributed by atoms with Crippen molar-refractivity contribution in [3.63, 3.8) is 0 Å². The molecular formula is C21H23BrClNO4S. The van der Waals surface area contributed by atoms with E-state index in [1.54, 1.807) is 0 Å². The third kappa shape index (κ3) is 4.78. The number of carbonyl (C=O) groups excluding carboxylic acids is 2. The normalized spacial score (nSPS) is 12.6. The predicted octanol–water partition coefficient (Wildman–Crippen LogP) is 5.85. The van der Waals surface area contributed by atoms with E-state index in [-0.39, 0.29) is 11.9 Å². The zero-order valence-corrected chi connectivity index (χ0v) is 19.8. The van der Waals surface area contributed by atoms with Gasteiger partial charge in [0.05, 0.1) is 23.8 Å². The maximum Gasteiger partial charge on any atom is 0.341 e. The summed E-state index contributed by atoms with van der Waals surface area (Å²) in [4.78, 5) is 25.7. The van der Waals surface area contributed by atoms with Gasteiger partial charge >= 0.3 is 5.97 Å². The first-order valence-corrected chi connectivity index (χ1v) is 11.4. The van der Waals surface area contributed by atoms with E-state index in [4.69, 9.17) is 21.1 Å². The van der Waals surface area contributed by atoms with Gasteiger partial charge in [0.1, 0.15) is 10.8 Å². The third-order valence-corrected chi connectivity index (χ3v) is 7.71. The summed E-state index contributed by atoms with van der Waals surface area (Å²) in [5, 5.41) is 4.20. The van der Waals surface area contributed by atoms with E-state index >= 15 is 0 Å². The van der Waals surface area contributed by atoms with Crippen molar-refractivity contribution >= 4 is 55.7 Å². The molecule has 1 N–H and O–H groups in total. The van der Waals surface area contributed by atoms with Crippen LogP contribution in [-0.2, 0) is 22.4 Å². The smallest absolute Gasteiger partial charge is 0.341 e. The van der Waals surface area contributed by atoms with Crippen molar-refractivity contribution in [2.75, 3.05) is 19.0 Å². The lowest BCUT2D eigenvalue weighted by Gasteiger charge is -2.13. The molecule has 29 heavy (non-hydrogen) atoms. The molecule has 0 aliphatic heterocycles. The number of hydrogen-bond acceptors (Lipinski definition) is 5. The Morgan fingerprint density at radius 2 is 2.07 bits per heavy atom. The first kappa shape index (κ1) is 22.1. The van der Waals surface area contributed by atoms with Gasteiger partial charge in [-0.15, -0.1) is 11.3 Å². The van der Waals surface area contributed by atoms with E-state index in [0.29, 0.717) is 40.8 Å². The van der Waals surface area contributed by atoms with Gasteiger partial charge < -0.3 is 14.8 Å². The minimum absolute atomic E-state index is 0.138. The number of ether oxygens (including phenoxy) is 2. The number of rotatable bonds is 7. The van der Waals surface area contributed by atoms with Crippen LogP contribution in [0.2, 0.25) is 5.02 Å². The molecule has 0 fully saturated rings. The lowest BCUT2D eigenvalue weighted by molar-refractivity contribution is -0.116. The first-order valence-electron chi connectivity index (χ1n) is 9.44. The number of methoxy groups -OCH3 is 1. The fourth-order valence-electron chi connectivity index (χ4n) is 3.42. The van der Waals surface area contributed by atoms with Crippen LogP contribution in [0.1, 0.15) is 51.2 Å². The highest BCUT2D eigenvalue weighted by Crippen LogP contribution is 2.39. The van der Waals surface area contributed by atoms with Crippen molar-refractivity contribution < 1.29 is 19.1 Å². The average Bonchev–Trinajstić information content (AvgIpc) is 3.27. The molecule has 0 radical (unpaired) electrons. The molecule has 1 aromatic heterocycles. The number of carbonyl (C=O) groups is 2. The van der Waals surface area contributed by atoms with Crippen molar-refractivity contribution in [1.29, 1.82) is 0 Å². The van der Waals surface area contributed by atoms with Crippen molar-refractivity contribution in [1.82, 2.24) is 0 Å². The summed E-state index contributed by atoms with van der Waals surface area (Å²) in [7, 11) is 1.36. The summed E-state index contributed by atoms with van der Waals surface area (Å²) in [6.45, 7) is 4.26. The first-order chi connectivity index (χ1) is 13.8. The number of fused-ring (bicyclic) bond motifs is 1. The molecule has 2 aromatic rings. The van der Waals surface area contributed by atoms with E-state index in [2.05, 4.69) is 21.2 Å². The SMILES string of the molecule is COC(=O)c1c(NC(=O)CCCOc2cc(C)c(Cl)c(C)c2Br)sc2c1CCC2. The van der Waals surface area contributed by atoms with E-state index in [9.17, 15) is 9.59 Å². The van der Waals surface area contributed by atoms with E-state index in [1.165, 1.54) is 23.3 Å². The number of hydrogen-bond donors (Lipinski definition) is 1. The van der Waals surface area contributed by atoms with Crippen LogP contribution in [0.3, 0.4) is 0 Å². The Bertz CT molecular complexity index is 957. The van der Waals surface area contributed by atoms with Crippen LogP contribution < -0.4 is 10.1 Å². The minimum atomic E-state index is -0.388. The van der Waals surface area contributed by atoms with Crippen LogP contribution in [0.25, 0.3) is 0 Å². The number of thiophene rings is 1. The second kappa shape index (κ2) is 9.49. The highest BCUT2D eigenvalue weighted by atomic mass is 79.9. The van der Waals surface area contributed by atoms with Crippen molar-refractivity contribution in [2.45, 2.75) is 46.0 Å². The van der Waals surface area contributed by atoms with Crippen LogP contribution in [0.5, 0.6) is 5.75 Å². The van der Waals surface area contributed by atoms with Crippen LogP contribution in [0.15, 0.2) is 10.5 Å². The van der Waals surface area contributed by atoms with E-state index < -0.39 is 0 Å². The quantitative estimate of drug-likeness (QED) is 0.382. The molecule has 0 unspecified atom stereocenters. The second-order valence-corrected chi connectivity index (χ2v) is 9.27. The van der Waals surface area contributed by atoms with Gasteiger partial charge in [-0.05, 0) is 78.2 Å². The van der Waals surface area contributed by atoms with Gasteiger partial charge in [0, 0.05) is 16.3 Å². The number of aryl methyl sites for hydroxylation is 2. The highest BCUT2D eigenvalue weighted by Gasteiger charge is 2.27. The molecule has 0 bridgehead atoms. The number of esters is 1. The lowest BCUT2D eigenvalue weighted by atomic mass is 10.1. The van der Waals surface area contributed by atoms with Crippen LogP contribution in [0, 0.1) is 13.8 Å². The monoisotopic (exact) mass is 499 g/mol. The molecule has 156 valence electrons. The molecule has 0 spiro atoms. The van der Waals surface area contributed by atoms with Crippen LogP contribution in [0.4, 0.5) is 5.00 Å². The number of anilines is 1. The van der Waals surface area contributed by atoms with Gasteiger partial charge in [-0.1, -0.05) is 11.6 Å². The van der Waals surface area contributed by atoms with Crippen LogP contribution >= 0.6 is 38.9 Å². The van der Waals surface area contributed by atoms with E-state index in [1.807, 2.05) is 19.9 Å². The van der Waals surface area contributed by atoms with Crippen molar-refractivity contribution in [2.24, 2.45) is 0 Å². The Morgan fingerprint density at radius 1 is 1.31 bits per heavy atom. The second-order valence-electron chi connectivity index (χ2n) is 7.00. The number of amides is 1. The van der Waals surface area contributed by atoms with Crippen LogP contribution in [-0.4, -0.2) is 25.6 Å². The molecule has 0 atom stereocenters. The lowest BCUT2D eigenvalue weighted by Crippen LogP contribution is -2.15. The minimum Gasteiger partial charge on any atom is -0.492 e. The maximum atomic E-state index is 12.4. The topological polar surface area (TPSA) is 64.6 Å². The number of benzene rings is 1. The van der Waals surface area contributed by atoms with Gasteiger partial charge in [-0.3, -0.25) is 4.79 Å². The Kier molecular flexibility index (Phi) is 7.24. The van der Waals surface area contributed by atoms with Gasteiger partial charge in [0.25, 0.3) is 0 Å². The van der Waals surface area contributed by atoms with Gasteiger partial charge in [-0.2, -0.15) is 0 Å². The Balaban J connectivity index is 1.56. The molecule has 5 nitrogen and oxygen atoms in total. The molecule has 1 aliphatic carbocycles. The average molecular weight is 501 g/mol. The summed E-state index contributed by atoms with van der Waals surface area (Å²) < 4.78 is 11.6. The van der Waals surface area contributed by atoms with Gasteiger partial charge in [0.2, 0.25) is 5.91 Å². The summed E-state index contributed by atoms with van der Waals surface area (Å²) in [6.07, 6.45) is 3.69. The molecule has 0 saturated carbocycles. The largest absolute Gasteiger partial charge is 0.492 e. The summed E-state index contributed by atoms with van der Waals surface area (Å²) in [5.74, 6) is 0.190.